The van der Waals surface area contributed by atoms with Crippen LogP contribution in [0.4, 0.5) is 0 Å². The number of nitrogens with zero attached hydrogens (tertiary/aromatic N) is 5. The molecule has 0 spiro atoms. The monoisotopic (exact) mass is 881 g/mol. The minimum Gasteiger partial charge on any atom is -0.657 e. The van der Waals surface area contributed by atoms with E-state index in [0.29, 0.717) is 39.9 Å². The van der Waals surface area contributed by atoms with Gasteiger partial charge in [0.1, 0.15) is 0 Å². The topological polar surface area (TPSA) is 91.4 Å². The number of ketones is 2. The normalized spacial score (nSPS) is 15.2. The Bertz CT molecular complexity index is 3510. The largest absolute Gasteiger partial charge is 2.00 e. The Morgan fingerprint density at radius 1 is 0.477 bits per heavy atom. The van der Waals surface area contributed by atoms with E-state index in [1.807, 2.05) is 92.0 Å². The molecule has 12 rings (SSSR count). The number of carbonyl (C=O) groups excluding carboxylic acids is 2. The van der Waals surface area contributed by atoms with Crippen molar-refractivity contribution in [1.82, 2.24) is 24.8 Å². The van der Waals surface area contributed by atoms with Crippen LogP contribution in [0.3, 0.4) is 0 Å². The van der Waals surface area contributed by atoms with Crippen LogP contribution in [-0.2, 0) is 16.5 Å². The van der Waals surface area contributed by atoms with Crippen molar-refractivity contribution >= 4 is 57.9 Å². The van der Waals surface area contributed by atoms with E-state index in [1.165, 1.54) is 0 Å². The Hall–Kier alpha value is -7.77. The van der Waals surface area contributed by atoms with Gasteiger partial charge < -0.3 is 9.97 Å². The van der Waals surface area contributed by atoms with Gasteiger partial charge in [-0.15, -0.1) is 22.1 Å². The van der Waals surface area contributed by atoms with Gasteiger partial charge in [-0.1, -0.05) is 164 Å². The minimum atomic E-state index is -0.581. The molecule has 6 heterocycles. The maximum absolute atomic E-state index is 14.8. The first-order chi connectivity index (χ1) is 31.5. The molecule has 1 unspecified atom stereocenters. The fraction of sp³-hybridized carbons (Fsp3) is 0.0526. The molecule has 0 saturated heterocycles. The molecular weight excluding hydrogens is 845 g/mol. The molecule has 3 aromatic heterocycles. The fourth-order valence-corrected chi connectivity index (χ4v) is 9.84. The molecule has 1 aliphatic carbocycles. The summed E-state index contributed by atoms with van der Waals surface area (Å²) in [6.45, 7) is 0.323. The number of Topliss-reactive ketones (excluding diaryl/α,β-unsaturated/α-hetero) is 2. The predicted octanol–water partition coefficient (Wildman–Crippen LogP) is 11.9. The number of hydrogen-bond acceptors (Lipinski definition) is 5. The first kappa shape index (κ1) is 40.0. The smallest absolute Gasteiger partial charge is 0.657 e. The number of carbonyl (C=O) groups is 2. The van der Waals surface area contributed by atoms with Crippen LogP contribution in [0.1, 0.15) is 55.1 Å². The number of benzene rings is 5. The van der Waals surface area contributed by atoms with Crippen molar-refractivity contribution < 1.29 is 26.1 Å². The number of fused-ring (bicyclic) bond motifs is 9. The molecule has 312 valence electrons. The molecule has 8 heteroatoms. The summed E-state index contributed by atoms with van der Waals surface area (Å²) in [5.41, 5.74) is 16.0. The predicted molar refractivity (Wildman–Crippen MR) is 256 cm³/mol. The Morgan fingerprint density at radius 2 is 0.877 bits per heavy atom. The van der Waals surface area contributed by atoms with E-state index in [4.69, 9.17) is 19.9 Å². The molecule has 0 amide bonds. The zero-order valence-electron chi connectivity index (χ0n) is 35.1. The molecule has 8 bridgehead atoms. The van der Waals surface area contributed by atoms with Gasteiger partial charge in [-0.3, -0.25) is 14.5 Å². The number of rotatable bonds is 5. The number of aromatic nitrogens is 4. The van der Waals surface area contributed by atoms with E-state index in [2.05, 4.69) is 95.9 Å². The Balaban J connectivity index is 0.00000469. The SMILES string of the molecule is CN1CC2=C(C(=O)c3ccccc3C2=O)C1c1cc2[n-]c1c(-c1ccccc1)c1nc(c(-c3ccccc3)c3ccc([n-]3)c(-c3ccccc3)c3nc(c2-c2ccccc2)C=C3)C=C1.[Ni+2]. The van der Waals surface area contributed by atoms with Gasteiger partial charge in [0.05, 0.1) is 28.8 Å². The third kappa shape index (κ3) is 6.61. The summed E-state index contributed by atoms with van der Waals surface area (Å²) in [6, 6.07) is 53.8. The summed E-state index contributed by atoms with van der Waals surface area (Å²) in [7, 11) is 1.98. The van der Waals surface area contributed by atoms with E-state index in [-0.39, 0.29) is 28.1 Å². The van der Waals surface area contributed by atoms with Crippen molar-refractivity contribution in [2.45, 2.75) is 6.04 Å². The van der Waals surface area contributed by atoms with Gasteiger partial charge in [-0.2, -0.15) is 0 Å². The van der Waals surface area contributed by atoms with Crippen molar-refractivity contribution in [2.75, 3.05) is 13.6 Å². The molecular formula is C57H37N5NiO2. The summed E-state index contributed by atoms with van der Waals surface area (Å²) in [5.74, 6) is -0.242. The van der Waals surface area contributed by atoms with Crippen molar-refractivity contribution in [3.05, 3.63) is 214 Å². The van der Waals surface area contributed by atoms with Crippen molar-refractivity contribution in [3.8, 4) is 44.5 Å². The molecule has 0 saturated carbocycles. The maximum Gasteiger partial charge on any atom is 2.00 e. The number of hydrogen-bond donors (Lipinski definition) is 0. The van der Waals surface area contributed by atoms with Crippen LogP contribution in [0.15, 0.2) is 175 Å². The van der Waals surface area contributed by atoms with Gasteiger partial charge in [0.25, 0.3) is 0 Å². The van der Waals surface area contributed by atoms with Crippen molar-refractivity contribution in [3.63, 3.8) is 0 Å². The van der Waals surface area contributed by atoms with Gasteiger partial charge in [0.15, 0.2) is 11.6 Å². The van der Waals surface area contributed by atoms with Crippen molar-refractivity contribution in [2.24, 2.45) is 0 Å². The summed E-state index contributed by atoms with van der Waals surface area (Å²) in [4.78, 5) is 53.1. The fourth-order valence-electron chi connectivity index (χ4n) is 9.84. The van der Waals surface area contributed by atoms with Crippen LogP contribution in [0.25, 0.3) is 90.9 Å². The Kier molecular flexibility index (Phi) is 9.92. The van der Waals surface area contributed by atoms with Gasteiger partial charge >= 0.3 is 16.5 Å². The average molecular weight is 883 g/mol. The minimum absolute atomic E-state index is 0. The molecule has 0 fully saturated rings. The van der Waals surface area contributed by atoms with Crippen LogP contribution in [0, 0.1) is 0 Å². The molecule has 0 N–H and O–H groups in total. The van der Waals surface area contributed by atoms with E-state index in [9.17, 15) is 9.59 Å². The summed E-state index contributed by atoms with van der Waals surface area (Å²) < 4.78 is 0. The molecule has 7 nitrogen and oxygen atoms in total. The summed E-state index contributed by atoms with van der Waals surface area (Å²) in [6.07, 6.45) is 8.25. The molecule has 5 aromatic carbocycles. The van der Waals surface area contributed by atoms with Crippen LogP contribution in [-0.4, -0.2) is 40.0 Å². The van der Waals surface area contributed by atoms with Gasteiger partial charge in [-0.25, -0.2) is 9.97 Å². The Labute approximate surface area is 385 Å². The van der Waals surface area contributed by atoms with E-state index < -0.39 is 6.04 Å². The molecule has 1 atom stereocenters. The first-order valence-electron chi connectivity index (χ1n) is 21.4. The van der Waals surface area contributed by atoms with Crippen LogP contribution < -0.4 is 9.97 Å². The van der Waals surface area contributed by atoms with E-state index in [1.54, 1.807) is 12.1 Å². The van der Waals surface area contributed by atoms with Gasteiger partial charge in [0, 0.05) is 28.8 Å². The third-order valence-electron chi connectivity index (χ3n) is 12.7. The maximum atomic E-state index is 14.8. The second-order valence-corrected chi connectivity index (χ2v) is 16.5. The standard InChI is InChI=1S/C57H37N5O2.Ni/c1-62-33-41-53(57(64)39-25-15-14-24-38(39)56(41)63)55(62)40-32-48-51(36-20-10-4-11-21-36)46-29-28-44(59-46)49(34-16-6-2-7-17-34)42-26-27-43(58-42)50(35-18-8-3-9-19-35)45-30-31-47(60-45)52(54(40)61-48)37-22-12-5-13-23-37;/h2-32,55H,33H2,1H3;/q-2;+2. The zero-order chi connectivity index (χ0) is 42.9. The molecule has 65 heavy (non-hydrogen) atoms. The van der Waals surface area contributed by atoms with Crippen LogP contribution in [0.5, 0.6) is 0 Å². The summed E-state index contributed by atoms with van der Waals surface area (Å²) in [5, 5.41) is 0. The van der Waals surface area contributed by atoms with Gasteiger partial charge in [-0.05, 0) is 81.4 Å². The third-order valence-corrected chi connectivity index (χ3v) is 12.7. The van der Waals surface area contributed by atoms with Crippen LogP contribution in [0.2, 0.25) is 0 Å². The first-order valence-corrected chi connectivity index (χ1v) is 21.4. The van der Waals surface area contributed by atoms with E-state index >= 15 is 0 Å². The van der Waals surface area contributed by atoms with Crippen LogP contribution >= 0.6 is 0 Å². The summed E-state index contributed by atoms with van der Waals surface area (Å²) >= 11 is 0. The molecule has 0 radical (unpaired) electrons. The van der Waals surface area contributed by atoms with E-state index in [0.717, 1.165) is 83.9 Å². The molecule has 3 aliphatic heterocycles. The second-order valence-electron chi connectivity index (χ2n) is 16.5. The number of likely N-dealkylation sites (N-methyl/N-ethyl adjacent to an activating group) is 1. The average Bonchev–Trinajstić information content (AvgIpc) is 4.21. The molecule has 4 aliphatic rings. The second kappa shape index (κ2) is 16.1. The van der Waals surface area contributed by atoms with Crippen molar-refractivity contribution in [1.29, 1.82) is 0 Å². The molecule has 8 aromatic rings. The Morgan fingerprint density at radius 3 is 1.35 bits per heavy atom. The zero-order valence-corrected chi connectivity index (χ0v) is 36.0. The van der Waals surface area contributed by atoms with Gasteiger partial charge in [0.2, 0.25) is 0 Å². The quantitative estimate of drug-likeness (QED) is 0.159.